The summed E-state index contributed by atoms with van der Waals surface area (Å²) in [5.74, 6) is -0.821. The summed E-state index contributed by atoms with van der Waals surface area (Å²) in [4.78, 5) is 10.2. The Kier molecular flexibility index (Phi) is 2.19. The zero-order chi connectivity index (χ0) is 8.97. The Morgan fingerprint density at radius 1 is 1.55 bits per heavy atom. The quantitative estimate of drug-likeness (QED) is 0.714. The van der Waals surface area contributed by atoms with Gasteiger partial charge in [-0.3, -0.25) is 4.79 Å². The first-order chi connectivity index (χ1) is 5.70. The molecule has 0 heterocycles. The van der Waals surface area contributed by atoms with E-state index < -0.39 is 5.97 Å². The zero-order valence-electron chi connectivity index (χ0n) is 7.08. The van der Waals surface area contributed by atoms with Gasteiger partial charge in [-0.15, -0.1) is 0 Å². The first-order valence-electron chi connectivity index (χ1n) is 3.96. The number of carboxylic acid groups (broad SMARTS) is 1. The molecular weight excluding hydrogens is 140 g/mol. The minimum Gasteiger partial charge on any atom is -0.481 e. The van der Waals surface area contributed by atoms with Gasteiger partial charge in [0.1, 0.15) is 0 Å². The third-order valence-corrected chi connectivity index (χ3v) is 1.38. The smallest absolute Gasteiger partial charge is 0.303 e. The molecule has 0 aromatic heterocycles. The van der Waals surface area contributed by atoms with Gasteiger partial charge in [-0.25, -0.2) is 0 Å². The topological polar surface area (TPSA) is 37.3 Å². The molecule has 0 bridgehead atoms. The highest BCUT2D eigenvalue weighted by Crippen LogP contribution is 2.01. The maximum absolute atomic E-state index is 10.2. The fourth-order valence-electron chi connectivity index (χ4n) is 0.828. The highest BCUT2D eigenvalue weighted by molar-refractivity contribution is 5.67. The predicted molar refractivity (Wildman–Crippen MR) is 42.4 cm³/mol. The van der Waals surface area contributed by atoms with Crippen molar-refractivity contribution in [3.63, 3.8) is 0 Å². The Labute approximate surface area is 66.9 Å². The van der Waals surface area contributed by atoms with Gasteiger partial charge in [0.15, 0.2) is 0 Å². The number of aliphatic carboxylic acids is 1. The highest BCUT2D eigenvalue weighted by Gasteiger charge is 1.96. The third-order valence-electron chi connectivity index (χ3n) is 1.38. The van der Waals surface area contributed by atoms with Crippen molar-refractivity contribution in [1.82, 2.24) is 0 Å². The third kappa shape index (κ3) is 2.85. The molecule has 2 heteroatoms. The van der Waals surface area contributed by atoms with Crippen molar-refractivity contribution in [3.8, 4) is 0 Å². The highest BCUT2D eigenvalue weighted by atomic mass is 16.4. The van der Waals surface area contributed by atoms with Crippen LogP contribution in [0.2, 0.25) is 0 Å². The lowest BCUT2D eigenvalue weighted by Gasteiger charge is -1.95. The van der Waals surface area contributed by atoms with Crippen molar-refractivity contribution in [2.45, 2.75) is 12.8 Å². The molecule has 0 unspecified atom stereocenters. The zero-order valence-corrected chi connectivity index (χ0v) is 6.08. The number of rotatable bonds is 3. The van der Waals surface area contributed by atoms with Crippen LogP contribution >= 0.6 is 0 Å². The molecule has 0 spiro atoms. The van der Waals surface area contributed by atoms with Crippen molar-refractivity contribution >= 4 is 5.97 Å². The molecule has 0 saturated heterocycles. The normalized spacial score (nSPS) is 10.7. The minimum atomic E-state index is -0.821. The molecule has 58 valence electrons. The maximum Gasteiger partial charge on any atom is 0.303 e. The van der Waals surface area contributed by atoms with E-state index in [1.54, 1.807) is 18.2 Å². The van der Waals surface area contributed by atoms with Gasteiger partial charge >= 0.3 is 5.97 Å². The van der Waals surface area contributed by atoms with Crippen LogP contribution in [0.3, 0.4) is 0 Å². The van der Waals surface area contributed by atoms with Gasteiger partial charge in [0.05, 0.1) is 1.37 Å². The van der Waals surface area contributed by atoms with Gasteiger partial charge < -0.3 is 5.11 Å². The molecule has 1 N–H and O–H groups in total. The molecule has 2 nitrogen and oxygen atoms in total. The summed E-state index contributed by atoms with van der Waals surface area (Å²) >= 11 is 0. The van der Waals surface area contributed by atoms with E-state index in [0.29, 0.717) is 12.5 Å². The number of carbonyl (C=O) groups is 1. The lowest BCUT2D eigenvalue weighted by atomic mass is 10.1. The monoisotopic (exact) mass is 151 g/mol. The summed E-state index contributed by atoms with van der Waals surface area (Å²) in [6.45, 7) is 0. The lowest BCUT2D eigenvalue weighted by Crippen LogP contribution is -1.96. The second-order valence-corrected chi connectivity index (χ2v) is 2.28. The summed E-state index contributed by atoms with van der Waals surface area (Å²) in [6, 6.07) is 7.45. The first kappa shape index (κ1) is 6.40. The Bertz CT molecular complexity index is 284. The first-order valence-corrected chi connectivity index (χ1v) is 3.46. The van der Waals surface area contributed by atoms with E-state index in [-0.39, 0.29) is 6.42 Å². The Morgan fingerprint density at radius 3 is 3.00 bits per heavy atom. The van der Waals surface area contributed by atoms with Crippen LogP contribution in [0, 0.1) is 0 Å². The van der Waals surface area contributed by atoms with Crippen LogP contribution < -0.4 is 0 Å². The summed E-state index contributed by atoms with van der Waals surface area (Å²) in [5.41, 5.74) is 0.792. The molecule has 1 aromatic carbocycles. The van der Waals surface area contributed by atoms with Crippen molar-refractivity contribution in [3.05, 3.63) is 35.9 Å². The Hall–Kier alpha value is -1.31. The average Bonchev–Trinajstić information content (AvgIpc) is 2.03. The Balaban J connectivity index is 2.63. The van der Waals surface area contributed by atoms with E-state index in [1.165, 1.54) is 0 Å². The molecule has 0 radical (unpaired) electrons. The van der Waals surface area contributed by atoms with Crippen LogP contribution in [0.1, 0.15) is 13.4 Å². The molecule has 0 saturated carbocycles. The standard InChI is InChI=1S/C9H10O2/c10-9(11)7-6-8-4-2-1-3-5-8/h1-5H,6-7H2,(H,10,11)/i4D. The summed E-state index contributed by atoms with van der Waals surface area (Å²) < 4.78 is 7.42. The summed E-state index contributed by atoms with van der Waals surface area (Å²) in [5, 5.41) is 8.40. The van der Waals surface area contributed by atoms with Crippen molar-refractivity contribution in [2.75, 3.05) is 0 Å². The SMILES string of the molecule is [2H]c1ccccc1CCC(=O)O. The van der Waals surface area contributed by atoms with Gasteiger partial charge in [0, 0.05) is 6.42 Å². The number of hydrogen-bond acceptors (Lipinski definition) is 1. The van der Waals surface area contributed by atoms with E-state index in [4.69, 9.17) is 6.48 Å². The molecule has 0 aliphatic rings. The number of benzene rings is 1. The summed E-state index contributed by atoms with van der Waals surface area (Å²) in [6.07, 6.45) is 0.533. The van der Waals surface area contributed by atoms with Crippen LogP contribution in [0.4, 0.5) is 0 Å². The van der Waals surface area contributed by atoms with Crippen molar-refractivity contribution in [1.29, 1.82) is 0 Å². The molecule has 1 rings (SSSR count). The minimum absolute atomic E-state index is 0.0931. The molecule has 0 aliphatic carbocycles. The molecule has 0 atom stereocenters. The van der Waals surface area contributed by atoms with Gasteiger partial charge in [0.25, 0.3) is 0 Å². The average molecular weight is 151 g/mol. The number of hydrogen-bond donors (Lipinski definition) is 1. The second kappa shape index (κ2) is 3.76. The fourth-order valence-corrected chi connectivity index (χ4v) is 0.828. The van der Waals surface area contributed by atoms with Gasteiger partial charge in [0.2, 0.25) is 0 Å². The van der Waals surface area contributed by atoms with Gasteiger partial charge in [-0.1, -0.05) is 30.3 Å². The van der Waals surface area contributed by atoms with Gasteiger partial charge in [-0.05, 0) is 12.0 Å². The second-order valence-electron chi connectivity index (χ2n) is 2.28. The van der Waals surface area contributed by atoms with E-state index >= 15 is 0 Å². The predicted octanol–water partition coefficient (Wildman–Crippen LogP) is 1.70. The maximum atomic E-state index is 10.2. The lowest BCUT2D eigenvalue weighted by molar-refractivity contribution is -0.136. The molecule has 0 fully saturated rings. The van der Waals surface area contributed by atoms with Crippen LogP contribution in [0.15, 0.2) is 30.3 Å². The van der Waals surface area contributed by atoms with E-state index in [1.807, 2.05) is 6.07 Å². The van der Waals surface area contributed by atoms with Crippen LogP contribution in [-0.4, -0.2) is 11.1 Å². The van der Waals surface area contributed by atoms with Gasteiger partial charge in [-0.2, -0.15) is 0 Å². The van der Waals surface area contributed by atoms with E-state index in [2.05, 4.69) is 0 Å². The molecular formula is C9H10O2. The van der Waals surface area contributed by atoms with Crippen LogP contribution in [0.5, 0.6) is 0 Å². The Morgan fingerprint density at radius 2 is 2.36 bits per heavy atom. The number of carboxylic acids is 1. The van der Waals surface area contributed by atoms with Crippen LogP contribution in [-0.2, 0) is 11.2 Å². The summed E-state index contributed by atoms with van der Waals surface area (Å²) in [7, 11) is 0. The molecule has 0 amide bonds. The number of aryl methyl sites for hydroxylation is 1. The molecule has 11 heavy (non-hydrogen) atoms. The molecule has 1 aromatic rings. The van der Waals surface area contributed by atoms with Crippen molar-refractivity contribution in [2.24, 2.45) is 0 Å². The largest absolute Gasteiger partial charge is 0.481 e. The molecule has 0 aliphatic heterocycles. The fraction of sp³-hybridized carbons (Fsp3) is 0.222. The van der Waals surface area contributed by atoms with Crippen molar-refractivity contribution < 1.29 is 11.3 Å². The van der Waals surface area contributed by atoms with E-state index in [0.717, 1.165) is 5.56 Å². The van der Waals surface area contributed by atoms with Crippen LogP contribution in [0.25, 0.3) is 0 Å². The van der Waals surface area contributed by atoms with E-state index in [9.17, 15) is 4.79 Å².